The van der Waals surface area contributed by atoms with Crippen molar-refractivity contribution in [2.24, 2.45) is 0 Å². The summed E-state index contributed by atoms with van der Waals surface area (Å²) in [6, 6.07) is 27.2. The molecule has 0 aliphatic carbocycles. The summed E-state index contributed by atoms with van der Waals surface area (Å²) >= 11 is 0. The van der Waals surface area contributed by atoms with Gasteiger partial charge < -0.3 is 10.2 Å². The zero-order valence-electron chi connectivity index (χ0n) is 26.1. The lowest BCUT2D eigenvalue weighted by molar-refractivity contribution is -0.140. The molecule has 4 aromatic carbocycles. The largest absolute Gasteiger partial charge is 0.352 e. The van der Waals surface area contributed by atoms with Crippen molar-refractivity contribution in [1.29, 1.82) is 0 Å². The summed E-state index contributed by atoms with van der Waals surface area (Å²) in [6.45, 7) is 6.95. The van der Waals surface area contributed by atoms with E-state index in [1.807, 2.05) is 64.1 Å². The van der Waals surface area contributed by atoms with Crippen LogP contribution in [0.5, 0.6) is 0 Å². The summed E-state index contributed by atoms with van der Waals surface area (Å²) in [6.07, 6.45) is 0.885. The van der Waals surface area contributed by atoms with Crippen LogP contribution >= 0.6 is 0 Å². The van der Waals surface area contributed by atoms with Gasteiger partial charge in [-0.25, -0.2) is 12.8 Å². The minimum absolute atomic E-state index is 0.0312. The number of nitrogens with one attached hydrogen (secondary N) is 1. The van der Waals surface area contributed by atoms with E-state index in [9.17, 15) is 22.4 Å². The number of carbonyl (C=O) groups is 2. The number of hydrogen-bond acceptors (Lipinski definition) is 4. The molecular weight excluding hydrogens is 589 g/mol. The van der Waals surface area contributed by atoms with E-state index >= 15 is 0 Å². The van der Waals surface area contributed by atoms with E-state index in [1.165, 1.54) is 29.2 Å². The van der Waals surface area contributed by atoms with Gasteiger partial charge in [0.15, 0.2) is 0 Å². The molecule has 0 fully saturated rings. The van der Waals surface area contributed by atoms with Gasteiger partial charge in [-0.05, 0) is 79.8 Å². The van der Waals surface area contributed by atoms with Gasteiger partial charge in [0.2, 0.25) is 11.8 Å². The van der Waals surface area contributed by atoms with E-state index in [-0.39, 0.29) is 29.8 Å². The minimum Gasteiger partial charge on any atom is -0.352 e. The molecular formula is C36H40FN3O4S. The molecule has 45 heavy (non-hydrogen) atoms. The monoisotopic (exact) mass is 629 g/mol. The van der Waals surface area contributed by atoms with E-state index < -0.39 is 34.3 Å². The maximum atomic E-state index is 14.5. The third-order valence-electron chi connectivity index (χ3n) is 7.99. The summed E-state index contributed by atoms with van der Waals surface area (Å²) < 4.78 is 43.3. The number of nitrogens with zero attached hydrogens (tertiary/aromatic N) is 2. The van der Waals surface area contributed by atoms with Gasteiger partial charge in [-0.1, -0.05) is 79.7 Å². The first-order chi connectivity index (χ1) is 21.5. The lowest BCUT2D eigenvalue weighted by atomic mass is 10.0. The number of hydrogen-bond donors (Lipinski definition) is 1. The van der Waals surface area contributed by atoms with E-state index in [4.69, 9.17) is 0 Å². The highest BCUT2D eigenvalue weighted by Crippen LogP contribution is 2.29. The van der Waals surface area contributed by atoms with Gasteiger partial charge in [0.1, 0.15) is 18.4 Å². The van der Waals surface area contributed by atoms with Gasteiger partial charge in [-0.15, -0.1) is 0 Å². The second-order valence-electron chi connectivity index (χ2n) is 11.2. The maximum Gasteiger partial charge on any atom is 0.264 e. The maximum absolute atomic E-state index is 14.5. The molecule has 1 N–H and O–H groups in total. The lowest BCUT2D eigenvalue weighted by Gasteiger charge is -2.34. The van der Waals surface area contributed by atoms with Crippen LogP contribution in [-0.2, 0) is 32.6 Å². The highest BCUT2D eigenvalue weighted by molar-refractivity contribution is 7.92. The molecule has 2 amide bonds. The van der Waals surface area contributed by atoms with Crippen LogP contribution in [-0.4, -0.2) is 43.8 Å². The van der Waals surface area contributed by atoms with E-state index in [0.29, 0.717) is 23.2 Å². The first-order valence-electron chi connectivity index (χ1n) is 15.0. The zero-order chi connectivity index (χ0) is 32.6. The standard InChI is InChI=1S/C36H40FN3O4S/c1-5-27(3)38-36(42)34(23-29-14-8-6-9-15-29)39(24-30-19-21-31(37)22-20-30)35(41)25-40(33-18-12-13-26(2)28(33)4)45(43,44)32-16-10-7-11-17-32/h6-22,27,34H,5,23-25H2,1-4H3,(H,38,42)/t27-,34+/m1/s1. The second kappa shape index (κ2) is 15.0. The predicted molar refractivity (Wildman–Crippen MR) is 176 cm³/mol. The number of rotatable bonds is 13. The van der Waals surface area contributed by atoms with Crippen LogP contribution in [0, 0.1) is 19.7 Å². The fraction of sp³-hybridized carbons (Fsp3) is 0.278. The van der Waals surface area contributed by atoms with Crippen molar-refractivity contribution in [2.75, 3.05) is 10.8 Å². The van der Waals surface area contributed by atoms with Crippen LogP contribution in [0.4, 0.5) is 10.1 Å². The molecule has 0 aromatic heterocycles. The summed E-state index contributed by atoms with van der Waals surface area (Å²) in [4.78, 5) is 29.9. The van der Waals surface area contributed by atoms with Gasteiger partial charge in [-0.3, -0.25) is 13.9 Å². The number of sulfonamides is 1. The molecule has 0 heterocycles. The van der Waals surface area contributed by atoms with Gasteiger partial charge in [0.05, 0.1) is 10.6 Å². The quantitative estimate of drug-likeness (QED) is 0.191. The molecule has 236 valence electrons. The van der Waals surface area contributed by atoms with Crippen molar-refractivity contribution in [1.82, 2.24) is 10.2 Å². The number of amides is 2. The van der Waals surface area contributed by atoms with Crippen LogP contribution < -0.4 is 9.62 Å². The van der Waals surface area contributed by atoms with Gasteiger partial charge >= 0.3 is 0 Å². The van der Waals surface area contributed by atoms with Crippen LogP contribution in [0.15, 0.2) is 108 Å². The predicted octanol–water partition coefficient (Wildman–Crippen LogP) is 6.19. The molecule has 4 rings (SSSR count). The van der Waals surface area contributed by atoms with Crippen molar-refractivity contribution in [2.45, 2.75) is 64.1 Å². The Balaban J connectivity index is 1.83. The number of aryl methyl sites for hydroxylation is 1. The zero-order valence-corrected chi connectivity index (χ0v) is 26.9. The van der Waals surface area contributed by atoms with E-state index in [0.717, 1.165) is 15.4 Å². The van der Waals surface area contributed by atoms with Crippen molar-refractivity contribution < 1.29 is 22.4 Å². The van der Waals surface area contributed by atoms with Crippen LogP contribution in [0.2, 0.25) is 0 Å². The molecule has 9 heteroatoms. The van der Waals surface area contributed by atoms with Crippen molar-refractivity contribution in [3.8, 4) is 0 Å². The summed E-state index contributed by atoms with van der Waals surface area (Å²) in [5, 5.41) is 3.01. The average molecular weight is 630 g/mol. The molecule has 0 unspecified atom stereocenters. The third-order valence-corrected chi connectivity index (χ3v) is 9.77. The van der Waals surface area contributed by atoms with Crippen molar-refractivity contribution >= 4 is 27.5 Å². The molecule has 0 saturated carbocycles. The first kappa shape index (κ1) is 33.4. The van der Waals surface area contributed by atoms with Crippen LogP contribution in [0.25, 0.3) is 0 Å². The van der Waals surface area contributed by atoms with E-state index in [2.05, 4.69) is 5.32 Å². The van der Waals surface area contributed by atoms with Gasteiger partial charge in [0.25, 0.3) is 10.0 Å². The molecule has 0 saturated heterocycles. The topological polar surface area (TPSA) is 86.8 Å². The summed E-state index contributed by atoms with van der Waals surface area (Å²) in [5.41, 5.74) is 3.39. The Morgan fingerprint density at radius 1 is 0.822 bits per heavy atom. The fourth-order valence-electron chi connectivity index (χ4n) is 5.02. The van der Waals surface area contributed by atoms with Gasteiger partial charge in [0, 0.05) is 19.0 Å². The Morgan fingerprint density at radius 2 is 1.44 bits per heavy atom. The third kappa shape index (κ3) is 8.36. The van der Waals surface area contributed by atoms with E-state index in [1.54, 1.807) is 42.5 Å². The van der Waals surface area contributed by atoms with Crippen molar-refractivity contribution in [3.63, 3.8) is 0 Å². The molecule has 0 aliphatic rings. The SMILES string of the molecule is CC[C@@H](C)NC(=O)[C@H](Cc1ccccc1)N(Cc1ccc(F)cc1)C(=O)CN(c1cccc(C)c1C)S(=O)(=O)c1ccccc1. The molecule has 2 atom stereocenters. The Labute approximate surface area is 265 Å². The Morgan fingerprint density at radius 3 is 2.07 bits per heavy atom. The highest BCUT2D eigenvalue weighted by atomic mass is 32.2. The molecule has 0 bridgehead atoms. The van der Waals surface area contributed by atoms with Crippen LogP contribution in [0.3, 0.4) is 0 Å². The lowest BCUT2D eigenvalue weighted by Crippen LogP contribution is -2.54. The number of halogens is 1. The average Bonchev–Trinajstić information content (AvgIpc) is 3.04. The number of benzene rings is 4. The number of anilines is 1. The first-order valence-corrected chi connectivity index (χ1v) is 16.5. The molecule has 0 spiro atoms. The molecule has 4 aromatic rings. The normalized spacial score (nSPS) is 12.6. The van der Waals surface area contributed by atoms with Gasteiger partial charge in [-0.2, -0.15) is 0 Å². The smallest absolute Gasteiger partial charge is 0.264 e. The summed E-state index contributed by atoms with van der Waals surface area (Å²) in [5.74, 6) is -1.35. The Kier molecular flexibility index (Phi) is 11.1. The minimum atomic E-state index is -4.19. The molecule has 7 nitrogen and oxygen atoms in total. The summed E-state index contributed by atoms with van der Waals surface area (Å²) in [7, 11) is -4.19. The fourth-order valence-corrected chi connectivity index (χ4v) is 6.51. The molecule has 0 aliphatic heterocycles. The Bertz CT molecular complexity index is 1700. The second-order valence-corrected chi connectivity index (χ2v) is 13.1. The van der Waals surface area contributed by atoms with Crippen molar-refractivity contribution in [3.05, 3.63) is 131 Å². The Hall–Kier alpha value is -4.50. The highest BCUT2D eigenvalue weighted by Gasteiger charge is 2.35. The number of carbonyl (C=O) groups excluding carboxylic acids is 2. The van der Waals surface area contributed by atoms with Crippen LogP contribution in [0.1, 0.15) is 42.5 Å². The molecule has 0 radical (unpaired) electrons.